The summed E-state index contributed by atoms with van der Waals surface area (Å²) < 4.78 is 2.08. The fourth-order valence-electron chi connectivity index (χ4n) is 3.10. The van der Waals surface area contributed by atoms with Crippen molar-refractivity contribution in [1.29, 1.82) is 0 Å². The molecule has 1 N–H and O–H groups in total. The normalized spacial score (nSPS) is 10.9. The molecule has 0 aliphatic heterocycles. The molecule has 2 heterocycles. The molecule has 4 aromatic rings. The summed E-state index contributed by atoms with van der Waals surface area (Å²) in [6.45, 7) is 1.78. The zero-order chi connectivity index (χ0) is 17.6. The van der Waals surface area contributed by atoms with Crippen LogP contribution in [0.15, 0.2) is 73.3 Å². The molecular formula is C21H21N5. The summed E-state index contributed by atoms with van der Waals surface area (Å²) in [5.41, 5.74) is 2.25. The summed E-state index contributed by atoms with van der Waals surface area (Å²) in [5.74, 6) is 0.850. The fourth-order valence-corrected chi connectivity index (χ4v) is 3.10. The van der Waals surface area contributed by atoms with Crippen LogP contribution in [0.25, 0.3) is 10.8 Å². The Morgan fingerprint density at radius 3 is 2.50 bits per heavy atom. The van der Waals surface area contributed by atoms with Gasteiger partial charge >= 0.3 is 0 Å². The van der Waals surface area contributed by atoms with Crippen LogP contribution in [-0.2, 0) is 13.0 Å². The number of rotatable bonds is 7. The molecule has 0 aliphatic carbocycles. The second kappa shape index (κ2) is 7.78. The molecule has 4 rings (SSSR count). The van der Waals surface area contributed by atoms with Crippen LogP contribution in [-0.4, -0.2) is 26.3 Å². The van der Waals surface area contributed by atoms with Gasteiger partial charge in [0.1, 0.15) is 0 Å². The summed E-state index contributed by atoms with van der Waals surface area (Å²) in [5, 5.41) is 14.7. The van der Waals surface area contributed by atoms with E-state index in [0.29, 0.717) is 0 Å². The van der Waals surface area contributed by atoms with E-state index in [0.717, 1.165) is 48.2 Å². The first kappa shape index (κ1) is 16.3. The Labute approximate surface area is 152 Å². The predicted octanol–water partition coefficient (Wildman–Crippen LogP) is 3.92. The number of nitrogens with zero attached hydrogens (tertiary/aromatic N) is 4. The average Bonchev–Trinajstić information content (AvgIpc) is 3.21. The van der Waals surface area contributed by atoms with E-state index >= 15 is 0 Å². The monoisotopic (exact) mass is 343 g/mol. The lowest BCUT2D eigenvalue weighted by molar-refractivity contribution is 0.660. The highest BCUT2D eigenvalue weighted by Gasteiger charge is 2.09. The van der Waals surface area contributed by atoms with Crippen LogP contribution in [0.5, 0.6) is 0 Å². The number of benzene rings is 2. The van der Waals surface area contributed by atoms with Crippen molar-refractivity contribution >= 4 is 16.6 Å². The van der Waals surface area contributed by atoms with Crippen molar-refractivity contribution in [3.63, 3.8) is 0 Å². The van der Waals surface area contributed by atoms with Gasteiger partial charge < -0.3 is 9.88 Å². The number of aryl methyl sites for hydroxylation is 1. The smallest absolute Gasteiger partial charge is 0.156 e. The first-order chi connectivity index (χ1) is 12.9. The summed E-state index contributed by atoms with van der Waals surface area (Å²) >= 11 is 0. The minimum Gasteiger partial charge on any atom is -0.368 e. The molecule has 0 saturated carbocycles. The Hall–Kier alpha value is -3.21. The van der Waals surface area contributed by atoms with Crippen LogP contribution in [0.2, 0.25) is 0 Å². The zero-order valence-corrected chi connectivity index (χ0v) is 14.5. The van der Waals surface area contributed by atoms with E-state index in [-0.39, 0.29) is 0 Å². The molecule has 0 spiro atoms. The van der Waals surface area contributed by atoms with Gasteiger partial charge in [0.15, 0.2) is 5.82 Å². The van der Waals surface area contributed by atoms with Crippen molar-refractivity contribution in [2.24, 2.45) is 0 Å². The lowest BCUT2D eigenvalue weighted by atomic mass is 10.0. The standard InChI is InChI=1S/C21H21N5/c1-2-7-17(8-3-1)15-20-18-9-4-5-10-19(18)21(25-24-20)23-11-6-13-26-14-12-22-16-26/h1-5,7-10,12,14,16H,6,11,13,15H2,(H,23,25). The van der Waals surface area contributed by atoms with E-state index in [1.807, 2.05) is 24.7 Å². The number of imidazole rings is 1. The Bertz CT molecular complexity index is 964. The number of anilines is 1. The van der Waals surface area contributed by atoms with Crippen molar-refractivity contribution in [3.05, 3.63) is 84.6 Å². The third-order valence-electron chi connectivity index (χ3n) is 4.42. The Morgan fingerprint density at radius 1 is 0.885 bits per heavy atom. The van der Waals surface area contributed by atoms with E-state index in [9.17, 15) is 0 Å². The molecular weight excluding hydrogens is 322 g/mol. The van der Waals surface area contributed by atoms with E-state index in [2.05, 4.69) is 67.5 Å². The van der Waals surface area contributed by atoms with E-state index in [1.54, 1.807) is 6.20 Å². The molecule has 0 bridgehead atoms. The van der Waals surface area contributed by atoms with Gasteiger partial charge in [-0.25, -0.2) is 4.98 Å². The van der Waals surface area contributed by atoms with Crippen LogP contribution in [0.1, 0.15) is 17.7 Å². The SMILES string of the molecule is c1ccc(Cc2nnc(NCCCn3ccnc3)c3ccccc23)cc1. The summed E-state index contributed by atoms with van der Waals surface area (Å²) in [6, 6.07) is 18.7. The molecule has 2 aromatic heterocycles. The highest BCUT2D eigenvalue weighted by Crippen LogP contribution is 2.24. The molecule has 2 aromatic carbocycles. The van der Waals surface area contributed by atoms with Crippen molar-refractivity contribution in [1.82, 2.24) is 19.7 Å². The van der Waals surface area contributed by atoms with E-state index in [1.165, 1.54) is 5.56 Å². The van der Waals surface area contributed by atoms with Gasteiger partial charge in [-0.3, -0.25) is 0 Å². The molecule has 5 heteroatoms. The molecule has 0 amide bonds. The van der Waals surface area contributed by atoms with Crippen LogP contribution < -0.4 is 5.32 Å². The van der Waals surface area contributed by atoms with E-state index in [4.69, 9.17) is 0 Å². The lowest BCUT2D eigenvalue weighted by Gasteiger charge is -2.11. The predicted molar refractivity (Wildman–Crippen MR) is 104 cm³/mol. The van der Waals surface area contributed by atoms with Gasteiger partial charge in [0.05, 0.1) is 12.0 Å². The van der Waals surface area contributed by atoms with Gasteiger partial charge in [0, 0.05) is 42.7 Å². The molecule has 0 atom stereocenters. The molecule has 0 fully saturated rings. The minimum absolute atomic E-state index is 0.787. The first-order valence-corrected chi connectivity index (χ1v) is 8.88. The van der Waals surface area contributed by atoms with Gasteiger partial charge in [-0.1, -0.05) is 54.6 Å². The molecule has 0 saturated heterocycles. The number of hydrogen-bond donors (Lipinski definition) is 1. The maximum atomic E-state index is 4.50. The molecule has 0 radical (unpaired) electrons. The highest BCUT2D eigenvalue weighted by molar-refractivity contribution is 5.93. The third kappa shape index (κ3) is 3.72. The van der Waals surface area contributed by atoms with Gasteiger partial charge in [-0.15, -0.1) is 5.10 Å². The van der Waals surface area contributed by atoms with Crippen molar-refractivity contribution in [2.45, 2.75) is 19.4 Å². The Morgan fingerprint density at radius 2 is 1.69 bits per heavy atom. The van der Waals surface area contributed by atoms with Gasteiger partial charge in [0.25, 0.3) is 0 Å². The molecule has 0 unspecified atom stereocenters. The first-order valence-electron chi connectivity index (χ1n) is 8.88. The zero-order valence-electron chi connectivity index (χ0n) is 14.5. The van der Waals surface area contributed by atoms with E-state index < -0.39 is 0 Å². The quantitative estimate of drug-likeness (QED) is 0.517. The Balaban J connectivity index is 1.50. The molecule has 0 aliphatic rings. The van der Waals surface area contributed by atoms with Crippen LogP contribution in [0.4, 0.5) is 5.82 Å². The maximum absolute atomic E-state index is 4.50. The lowest BCUT2D eigenvalue weighted by Crippen LogP contribution is -2.09. The van der Waals surface area contributed by atoms with Crippen LogP contribution in [0, 0.1) is 0 Å². The number of hydrogen-bond acceptors (Lipinski definition) is 4. The number of aromatic nitrogens is 4. The number of fused-ring (bicyclic) bond motifs is 1. The fraction of sp³-hybridized carbons (Fsp3) is 0.190. The third-order valence-corrected chi connectivity index (χ3v) is 4.42. The van der Waals surface area contributed by atoms with Gasteiger partial charge in [0.2, 0.25) is 0 Å². The minimum atomic E-state index is 0.787. The maximum Gasteiger partial charge on any atom is 0.156 e. The van der Waals surface area contributed by atoms with Crippen molar-refractivity contribution < 1.29 is 0 Å². The topological polar surface area (TPSA) is 55.6 Å². The summed E-state index contributed by atoms with van der Waals surface area (Å²) in [7, 11) is 0. The number of nitrogens with one attached hydrogen (secondary N) is 1. The molecule has 26 heavy (non-hydrogen) atoms. The second-order valence-electron chi connectivity index (χ2n) is 6.28. The van der Waals surface area contributed by atoms with Crippen LogP contribution >= 0.6 is 0 Å². The summed E-state index contributed by atoms with van der Waals surface area (Å²) in [4.78, 5) is 4.06. The van der Waals surface area contributed by atoms with Gasteiger partial charge in [-0.05, 0) is 12.0 Å². The van der Waals surface area contributed by atoms with Crippen molar-refractivity contribution in [2.75, 3.05) is 11.9 Å². The summed E-state index contributed by atoms with van der Waals surface area (Å²) in [6.07, 6.45) is 7.41. The second-order valence-corrected chi connectivity index (χ2v) is 6.28. The average molecular weight is 343 g/mol. The largest absolute Gasteiger partial charge is 0.368 e. The Kier molecular flexibility index (Phi) is 4.87. The van der Waals surface area contributed by atoms with Crippen molar-refractivity contribution in [3.8, 4) is 0 Å². The van der Waals surface area contributed by atoms with Gasteiger partial charge in [-0.2, -0.15) is 5.10 Å². The molecule has 5 nitrogen and oxygen atoms in total. The van der Waals surface area contributed by atoms with Crippen LogP contribution in [0.3, 0.4) is 0 Å². The molecule has 130 valence electrons. The highest BCUT2D eigenvalue weighted by atomic mass is 15.2.